The number of allylic oxidation sites excluding steroid dienone is 3. The molecule has 0 aliphatic carbocycles. The van der Waals surface area contributed by atoms with Gasteiger partial charge in [0.05, 0.1) is 11.3 Å². The number of fused-ring (bicyclic) bond motifs is 1. The van der Waals surface area contributed by atoms with Crippen molar-refractivity contribution >= 4 is 5.97 Å². The number of phenols is 1. The summed E-state index contributed by atoms with van der Waals surface area (Å²) in [7, 11) is 0. The average molecular weight is 334 g/mol. The maximum Gasteiger partial charge on any atom is 0.340 e. The molecule has 1 heterocycles. The molecule has 126 valence electrons. The molecule has 1 atom stereocenters. The van der Waals surface area contributed by atoms with Crippen molar-refractivity contribution in [1.82, 2.24) is 0 Å². The number of aromatic hydroxyl groups is 1. The van der Waals surface area contributed by atoms with Gasteiger partial charge in [-0.25, -0.2) is 4.79 Å². The van der Waals surface area contributed by atoms with E-state index in [2.05, 4.69) is 6.58 Å². The van der Waals surface area contributed by atoms with E-state index in [-0.39, 0.29) is 11.5 Å². The van der Waals surface area contributed by atoms with E-state index in [1.54, 1.807) is 55.5 Å². The van der Waals surface area contributed by atoms with Crippen LogP contribution in [0.1, 0.15) is 28.4 Å². The summed E-state index contributed by atoms with van der Waals surface area (Å²) in [5.41, 5.74) is 1.27. The summed E-state index contributed by atoms with van der Waals surface area (Å²) < 4.78 is 5.86. The van der Waals surface area contributed by atoms with Crippen LogP contribution in [0.5, 0.6) is 5.75 Å². The first-order chi connectivity index (χ1) is 12.0. The number of benzene rings is 2. The van der Waals surface area contributed by atoms with Crippen molar-refractivity contribution in [2.45, 2.75) is 12.5 Å². The lowest BCUT2D eigenvalue weighted by Crippen LogP contribution is -2.29. The fourth-order valence-corrected chi connectivity index (χ4v) is 3.05. The molecule has 2 aromatic rings. The summed E-state index contributed by atoms with van der Waals surface area (Å²) in [6.07, 6.45) is 4.79. The number of cyclic esters (lactones) is 1. The van der Waals surface area contributed by atoms with Crippen molar-refractivity contribution in [3.05, 3.63) is 101 Å². The number of carbonyl (C=O) groups excluding carboxylic acids is 1. The van der Waals surface area contributed by atoms with Crippen molar-refractivity contribution in [3.63, 3.8) is 0 Å². The Kier molecular flexibility index (Phi) is 4.19. The first-order valence-corrected chi connectivity index (χ1v) is 7.82. The summed E-state index contributed by atoms with van der Waals surface area (Å²) >= 11 is 0. The van der Waals surface area contributed by atoms with Gasteiger partial charge in [0, 0.05) is 16.7 Å². The van der Waals surface area contributed by atoms with Gasteiger partial charge in [-0.3, -0.25) is 0 Å². The van der Waals surface area contributed by atoms with Gasteiger partial charge in [0.1, 0.15) is 5.75 Å². The first kappa shape index (κ1) is 16.6. The van der Waals surface area contributed by atoms with Crippen molar-refractivity contribution in [3.8, 4) is 5.75 Å². The van der Waals surface area contributed by atoms with Gasteiger partial charge in [0.15, 0.2) is 5.60 Å². The Bertz CT molecular complexity index is 886. The lowest BCUT2D eigenvalue weighted by molar-refractivity contribution is 0.0249. The van der Waals surface area contributed by atoms with E-state index in [0.717, 1.165) is 0 Å². The highest BCUT2D eigenvalue weighted by Crippen LogP contribution is 2.47. The van der Waals surface area contributed by atoms with Crippen LogP contribution in [0.3, 0.4) is 0 Å². The molecule has 0 spiro atoms. The summed E-state index contributed by atoms with van der Waals surface area (Å²) in [6.45, 7) is 5.40. The fourth-order valence-electron chi connectivity index (χ4n) is 3.05. The number of aliphatic hydroxyl groups is 1. The van der Waals surface area contributed by atoms with Gasteiger partial charge >= 0.3 is 5.97 Å². The van der Waals surface area contributed by atoms with Crippen LogP contribution >= 0.6 is 0 Å². The molecule has 0 bridgehead atoms. The monoisotopic (exact) mass is 334 g/mol. The average Bonchev–Trinajstić information content (AvgIpc) is 2.90. The second-order valence-corrected chi connectivity index (χ2v) is 5.80. The van der Waals surface area contributed by atoms with Crippen LogP contribution in [0, 0.1) is 0 Å². The third kappa shape index (κ3) is 2.72. The Morgan fingerprint density at radius 1 is 1.12 bits per heavy atom. The Morgan fingerprint density at radius 2 is 1.80 bits per heavy atom. The highest BCUT2D eigenvalue weighted by molar-refractivity contribution is 5.96. The molecule has 3 rings (SSSR count). The molecule has 0 amide bonds. The topological polar surface area (TPSA) is 66.8 Å². The van der Waals surface area contributed by atoms with Crippen LogP contribution in [0.25, 0.3) is 0 Å². The largest absolute Gasteiger partial charge is 0.513 e. The lowest BCUT2D eigenvalue weighted by Gasteiger charge is -2.31. The van der Waals surface area contributed by atoms with Gasteiger partial charge in [0.25, 0.3) is 0 Å². The van der Waals surface area contributed by atoms with Gasteiger partial charge in [-0.15, -0.1) is 0 Å². The first-order valence-electron chi connectivity index (χ1n) is 7.82. The number of carbonyl (C=O) groups is 1. The second-order valence-electron chi connectivity index (χ2n) is 5.80. The van der Waals surface area contributed by atoms with Crippen LogP contribution in [-0.4, -0.2) is 16.2 Å². The van der Waals surface area contributed by atoms with Crippen molar-refractivity contribution in [2.24, 2.45) is 0 Å². The predicted molar refractivity (Wildman–Crippen MR) is 95.4 cm³/mol. The lowest BCUT2D eigenvalue weighted by atomic mass is 9.79. The maximum absolute atomic E-state index is 12.5. The highest BCUT2D eigenvalue weighted by Gasteiger charge is 2.48. The number of hydrogen-bond acceptors (Lipinski definition) is 4. The molecule has 2 aromatic carbocycles. The summed E-state index contributed by atoms with van der Waals surface area (Å²) in [4.78, 5) is 12.5. The number of ether oxygens (including phenoxy) is 1. The Balaban J connectivity index is 2.33. The normalized spacial score (nSPS) is 20.1. The molecule has 1 aliphatic heterocycles. The zero-order chi connectivity index (χ0) is 18.0. The third-order valence-electron chi connectivity index (χ3n) is 4.18. The van der Waals surface area contributed by atoms with Crippen molar-refractivity contribution in [1.29, 1.82) is 0 Å². The maximum atomic E-state index is 12.5. The number of hydrogen-bond donors (Lipinski definition) is 2. The molecule has 0 aromatic heterocycles. The molecule has 1 unspecified atom stereocenters. The minimum absolute atomic E-state index is 0.117. The Labute approximate surface area is 146 Å². The minimum atomic E-state index is -1.19. The highest BCUT2D eigenvalue weighted by atomic mass is 16.6. The van der Waals surface area contributed by atoms with Crippen LogP contribution in [-0.2, 0) is 10.3 Å². The zero-order valence-corrected chi connectivity index (χ0v) is 13.8. The molecule has 1 aliphatic rings. The molecule has 0 radical (unpaired) electrons. The number of phenolic OH excluding ortho intramolecular Hbond substituents is 1. The van der Waals surface area contributed by atoms with E-state index in [1.807, 2.05) is 12.1 Å². The SMILES string of the molecule is C=C/C(=C\C=C(/C)O)C1(c2ccc(O)cc2)OC(=O)c2ccccc21. The minimum Gasteiger partial charge on any atom is -0.513 e. The van der Waals surface area contributed by atoms with Gasteiger partial charge in [0.2, 0.25) is 0 Å². The van der Waals surface area contributed by atoms with E-state index in [4.69, 9.17) is 4.74 Å². The summed E-state index contributed by atoms with van der Waals surface area (Å²) in [5.74, 6) is -0.189. The van der Waals surface area contributed by atoms with Crippen LogP contribution in [0.2, 0.25) is 0 Å². The molecular formula is C21H18O4. The van der Waals surface area contributed by atoms with Crippen molar-refractivity contribution in [2.75, 3.05) is 0 Å². The Morgan fingerprint density at radius 3 is 2.44 bits per heavy atom. The fraction of sp³-hybridized carbons (Fsp3) is 0.0952. The van der Waals surface area contributed by atoms with E-state index in [9.17, 15) is 15.0 Å². The van der Waals surface area contributed by atoms with E-state index in [0.29, 0.717) is 22.3 Å². The summed E-state index contributed by atoms with van der Waals surface area (Å²) in [6, 6.07) is 13.7. The van der Waals surface area contributed by atoms with E-state index in [1.165, 1.54) is 6.08 Å². The van der Waals surface area contributed by atoms with Gasteiger partial charge in [-0.05, 0) is 31.2 Å². The van der Waals surface area contributed by atoms with E-state index < -0.39 is 11.6 Å². The molecular weight excluding hydrogens is 316 g/mol. The smallest absolute Gasteiger partial charge is 0.340 e. The summed E-state index contributed by atoms with van der Waals surface area (Å²) in [5, 5.41) is 19.1. The predicted octanol–water partition coefficient (Wildman–Crippen LogP) is 4.38. The van der Waals surface area contributed by atoms with E-state index >= 15 is 0 Å². The molecule has 25 heavy (non-hydrogen) atoms. The third-order valence-corrected chi connectivity index (χ3v) is 4.18. The number of esters is 1. The molecule has 0 saturated heterocycles. The molecule has 4 heteroatoms. The van der Waals surface area contributed by atoms with Gasteiger partial charge in [-0.1, -0.05) is 49.1 Å². The standard InChI is InChI=1S/C21H18O4/c1-3-15(9-8-14(2)22)21(16-10-12-17(23)13-11-16)19-7-5-4-6-18(19)20(24)25-21/h3-13,22-23H,1H2,2H3/b14-8+,15-9+. The molecule has 2 N–H and O–H groups in total. The van der Waals surface area contributed by atoms with Crippen LogP contribution in [0.15, 0.2) is 84.7 Å². The number of rotatable bonds is 4. The Hall–Kier alpha value is -3.27. The molecule has 4 nitrogen and oxygen atoms in total. The zero-order valence-electron chi connectivity index (χ0n) is 13.8. The van der Waals surface area contributed by atoms with Gasteiger partial charge in [-0.2, -0.15) is 0 Å². The van der Waals surface area contributed by atoms with Crippen molar-refractivity contribution < 1.29 is 19.7 Å². The van der Waals surface area contributed by atoms with Crippen LogP contribution in [0.4, 0.5) is 0 Å². The molecule has 0 saturated carbocycles. The molecule has 0 fully saturated rings. The van der Waals surface area contributed by atoms with Gasteiger partial charge < -0.3 is 14.9 Å². The second kappa shape index (κ2) is 6.32. The quantitative estimate of drug-likeness (QED) is 0.495. The number of aliphatic hydroxyl groups excluding tert-OH is 1. The van der Waals surface area contributed by atoms with Crippen LogP contribution < -0.4 is 0 Å².